The van der Waals surface area contributed by atoms with Gasteiger partial charge in [-0.25, -0.2) is 0 Å². The summed E-state index contributed by atoms with van der Waals surface area (Å²) in [6, 6.07) is 29.8. The minimum atomic E-state index is -0.426. The molecule has 0 aromatic heterocycles. The fraction of sp³-hybridized carbons (Fsp3) is 0.367. The predicted octanol–water partition coefficient (Wildman–Crippen LogP) is 4.62. The molecule has 0 spiro atoms. The van der Waals surface area contributed by atoms with Crippen LogP contribution in [0, 0.1) is 0 Å². The van der Waals surface area contributed by atoms with E-state index in [1.54, 1.807) is 18.9 Å². The molecule has 1 aliphatic rings. The summed E-state index contributed by atoms with van der Waals surface area (Å²) in [7, 11) is 1.79. The molecule has 0 saturated carbocycles. The molecule has 4 atom stereocenters. The van der Waals surface area contributed by atoms with Crippen molar-refractivity contribution in [3.63, 3.8) is 0 Å². The first-order valence-corrected chi connectivity index (χ1v) is 12.4. The maximum atomic E-state index is 12.3. The van der Waals surface area contributed by atoms with Gasteiger partial charge >= 0.3 is 0 Å². The van der Waals surface area contributed by atoms with Crippen molar-refractivity contribution in [2.24, 2.45) is 0 Å². The maximum absolute atomic E-state index is 12.3. The zero-order valence-corrected chi connectivity index (χ0v) is 21.0. The normalized spacial score (nSPS) is 21.7. The number of amides is 1. The molecule has 1 amide bonds. The van der Waals surface area contributed by atoms with Gasteiger partial charge in [0.05, 0.1) is 39.1 Å². The highest BCUT2D eigenvalue weighted by atomic mass is 16.6. The van der Waals surface area contributed by atoms with Crippen LogP contribution in [0.1, 0.15) is 23.6 Å². The van der Waals surface area contributed by atoms with Crippen LogP contribution in [0.15, 0.2) is 91.0 Å². The number of hydrogen-bond donors (Lipinski definition) is 0. The van der Waals surface area contributed by atoms with Crippen LogP contribution in [0.25, 0.3) is 0 Å². The van der Waals surface area contributed by atoms with Gasteiger partial charge in [-0.3, -0.25) is 4.79 Å². The molecule has 1 fully saturated rings. The number of nitrogens with zero attached hydrogens (tertiary/aromatic N) is 1. The molecular weight excluding hydrogens is 454 g/mol. The summed E-state index contributed by atoms with van der Waals surface area (Å²) in [5, 5.41) is 0. The Morgan fingerprint density at radius 1 is 0.778 bits per heavy atom. The molecule has 0 unspecified atom stereocenters. The van der Waals surface area contributed by atoms with Gasteiger partial charge in [0.15, 0.2) is 0 Å². The molecule has 0 N–H and O–H groups in total. The molecule has 1 saturated heterocycles. The van der Waals surface area contributed by atoms with E-state index in [9.17, 15) is 4.79 Å². The number of hydrogen-bond acceptors (Lipinski definition) is 5. The fourth-order valence-electron chi connectivity index (χ4n) is 4.36. The number of likely N-dealkylation sites (N-methyl/N-ethyl adjacent to an activating group) is 1. The number of carbonyl (C=O) groups is 1. The lowest BCUT2D eigenvalue weighted by Crippen LogP contribution is -2.61. The number of benzene rings is 3. The van der Waals surface area contributed by atoms with Crippen molar-refractivity contribution in [2.75, 3.05) is 20.3 Å². The first-order valence-electron chi connectivity index (χ1n) is 12.4. The maximum Gasteiger partial charge on any atom is 0.219 e. The molecule has 6 nitrogen and oxygen atoms in total. The van der Waals surface area contributed by atoms with Crippen molar-refractivity contribution in [1.82, 2.24) is 4.90 Å². The van der Waals surface area contributed by atoms with Crippen LogP contribution in [-0.4, -0.2) is 55.4 Å². The smallest absolute Gasteiger partial charge is 0.219 e. The van der Waals surface area contributed by atoms with Gasteiger partial charge in [0.25, 0.3) is 0 Å². The van der Waals surface area contributed by atoms with Crippen molar-refractivity contribution < 1.29 is 23.7 Å². The van der Waals surface area contributed by atoms with Crippen LogP contribution in [0.4, 0.5) is 0 Å². The molecule has 1 aliphatic heterocycles. The summed E-state index contributed by atoms with van der Waals surface area (Å²) in [5.74, 6) is -0.0440. The molecule has 1 heterocycles. The number of ether oxygens (including phenoxy) is 4. The van der Waals surface area contributed by atoms with Gasteiger partial charge in [-0.2, -0.15) is 0 Å². The molecule has 0 aliphatic carbocycles. The van der Waals surface area contributed by atoms with E-state index >= 15 is 0 Å². The molecule has 0 radical (unpaired) electrons. The van der Waals surface area contributed by atoms with E-state index in [-0.39, 0.29) is 24.2 Å². The van der Waals surface area contributed by atoms with E-state index < -0.39 is 6.10 Å². The summed E-state index contributed by atoms with van der Waals surface area (Å²) in [6.45, 7) is 3.57. The quantitative estimate of drug-likeness (QED) is 0.393. The monoisotopic (exact) mass is 489 g/mol. The highest BCUT2D eigenvalue weighted by molar-refractivity contribution is 5.73. The lowest BCUT2D eigenvalue weighted by Gasteiger charge is -2.45. The second kappa shape index (κ2) is 13.3. The van der Waals surface area contributed by atoms with Gasteiger partial charge in [0.2, 0.25) is 5.91 Å². The first kappa shape index (κ1) is 26.0. The molecule has 190 valence electrons. The third-order valence-electron chi connectivity index (χ3n) is 6.51. The van der Waals surface area contributed by atoms with E-state index in [1.165, 1.54) is 0 Å². The zero-order chi connectivity index (χ0) is 25.2. The van der Waals surface area contributed by atoms with Crippen molar-refractivity contribution in [3.05, 3.63) is 108 Å². The first-order chi connectivity index (χ1) is 17.6. The van der Waals surface area contributed by atoms with Gasteiger partial charge < -0.3 is 23.8 Å². The van der Waals surface area contributed by atoms with Crippen molar-refractivity contribution in [1.29, 1.82) is 0 Å². The van der Waals surface area contributed by atoms with E-state index in [0.29, 0.717) is 33.0 Å². The van der Waals surface area contributed by atoms with Gasteiger partial charge in [-0.05, 0) is 16.7 Å². The molecule has 36 heavy (non-hydrogen) atoms. The topological polar surface area (TPSA) is 57.2 Å². The van der Waals surface area contributed by atoms with Crippen LogP contribution >= 0.6 is 0 Å². The number of carbonyl (C=O) groups excluding carboxylic acids is 1. The van der Waals surface area contributed by atoms with Crippen molar-refractivity contribution >= 4 is 5.91 Å². The van der Waals surface area contributed by atoms with Crippen LogP contribution in [-0.2, 0) is 43.6 Å². The lowest BCUT2D eigenvalue weighted by molar-refractivity contribution is -0.221. The molecular formula is C30H35NO5. The van der Waals surface area contributed by atoms with Crippen LogP contribution in [0.5, 0.6) is 0 Å². The van der Waals surface area contributed by atoms with E-state index in [2.05, 4.69) is 0 Å². The summed E-state index contributed by atoms with van der Waals surface area (Å²) in [4.78, 5) is 14.0. The largest absolute Gasteiger partial charge is 0.374 e. The molecule has 6 heteroatoms. The zero-order valence-electron chi connectivity index (χ0n) is 21.0. The second-order valence-corrected chi connectivity index (χ2v) is 9.09. The molecule has 3 aromatic carbocycles. The number of rotatable bonds is 11. The molecule has 0 bridgehead atoms. The highest BCUT2D eigenvalue weighted by Crippen LogP contribution is 2.27. The Morgan fingerprint density at radius 2 is 1.25 bits per heavy atom. The lowest BCUT2D eigenvalue weighted by atomic mass is 9.96. The van der Waals surface area contributed by atoms with Crippen molar-refractivity contribution in [3.8, 4) is 0 Å². The van der Waals surface area contributed by atoms with Crippen molar-refractivity contribution in [2.45, 2.75) is 51.1 Å². The third-order valence-corrected chi connectivity index (χ3v) is 6.51. The Kier molecular flexibility index (Phi) is 9.64. The van der Waals surface area contributed by atoms with E-state index in [0.717, 1.165) is 16.7 Å². The standard InChI is InChI=1S/C30H35NO5/c1-23(32)31(2)27-21-34-28(22-33-18-24-12-6-3-7-13-24)30(36-20-26-16-10-5-11-17-26)29(27)35-19-25-14-8-4-9-15-25/h3-17,27-30H,18-22H2,1-2H3/t27-,28-,29-,30+/m1/s1. The fourth-order valence-corrected chi connectivity index (χ4v) is 4.36. The van der Waals surface area contributed by atoms with Gasteiger partial charge in [-0.1, -0.05) is 91.0 Å². The van der Waals surface area contributed by atoms with Crippen LogP contribution in [0.2, 0.25) is 0 Å². The van der Waals surface area contributed by atoms with Gasteiger partial charge in [0, 0.05) is 14.0 Å². The SMILES string of the molecule is CC(=O)N(C)[C@@H]1CO[C@H](COCc2ccccc2)[C@H](OCc2ccccc2)[C@@H]1OCc1ccccc1. The summed E-state index contributed by atoms with van der Waals surface area (Å²) < 4.78 is 25.3. The average Bonchev–Trinajstić information content (AvgIpc) is 2.92. The summed E-state index contributed by atoms with van der Waals surface area (Å²) in [5.41, 5.74) is 3.22. The summed E-state index contributed by atoms with van der Waals surface area (Å²) in [6.07, 6.45) is -1.15. The Hall–Kier alpha value is -3.03. The van der Waals surface area contributed by atoms with Crippen LogP contribution < -0.4 is 0 Å². The average molecular weight is 490 g/mol. The third kappa shape index (κ3) is 7.24. The second-order valence-electron chi connectivity index (χ2n) is 9.09. The minimum Gasteiger partial charge on any atom is -0.374 e. The van der Waals surface area contributed by atoms with E-state index in [4.69, 9.17) is 18.9 Å². The molecule has 4 rings (SSSR count). The predicted molar refractivity (Wildman–Crippen MR) is 138 cm³/mol. The van der Waals surface area contributed by atoms with Gasteiger partial charge in [-0.15, -0.1) is 0 Å². The molecule has 3 aromatic rings. The van der Waals surface area contributed by atoms with Gasteiger partial charge in [0.1, 0.15) is 18.3 Å². The Balaban J connectivity index is 1.52. The highest BCUT2D eigenvalue weighted by Gasteiger charge is 2.44. The van der Waals surface area contributed by atoms with Crippen LogP contribution in [0.3, 0.4) is 0 Å². The summed E-state index contributed by atoms with van der Waals surface area (Å²) >= 11 is 0. The Morgan fingerprint density at radius 3 is 1.75 bits per heavy atom. The Labute approximate surface area is 213 Å². The van der Waals surface area contributed by atoms with E-state index in [1.807, 2.05) is 91.0 Å². The minimum absolute atomic E-state index is 0.0440. The Bertz CT molecular complexity index is 1050.